The highest BCUT2D eigenvalue weighted by Crippen LogP contribution is 2.36. The molecule has 0 radical (unpaired) electrons. The number of halogens is 1. The molecule has 1 fully saturated rings. The van der Waals surface area contributed by atoms with Crippen molar-refractivity contribution >= 4 is 44.0 Å². The Bertz CT molecular complexity index is 1130. The van der Waals surface area contributed by atoms with Crippen molar-refractivity contribution in [1.29, 1.82) is 0 Å². The number of carbonyl (C=O) groups is 1. The van der Waals surface area contributed by atoms with Crippen molar-refractivity contribution in [2.24, 2.45) is 4.99 Å². The smallest absolute Gasteiger partial charge is 0.244 e. The molecule has 30 heavy (non-hydrogen) atoms. The minimum Gasteiger partial charge on any atom is -0.324 e. The maximum atomic E-state index is 13.8. The summed E-state index contributed by atoms with van der Waals surface area (Å²) < 4.78 is 37.6. The third kappa shape index (κ3) is 4.52. The van der Waals surface area contributed by atoms with Gasteiger partial charge in [0.15, 0.2) is 15.0 Å². The van der Waals surface area contributed by atoms with E-state index in [2.05, 4.69) is 10.3 Å². The molecule has 6 nitrogen and oxygen atoms in total. The Morgan fingerprint density at radius 3 is 2.73 bits per heavy atom. The minimum absolute atomic E-state index is 0.0169. The molecule has 0 unspecified atom stereocenters. The Morgan fingerprint density at radius 1 is 1.23 bits per heavy atom. The predicted molar refractivity (Wildman–Crippen MR) is 120 cm³/mol. The molecule has 0 spiro atoms. The van der Waals surface area contributed by atoms with Crippen LogP contribution in [0.4, 0.5) is 15.8 Å². The number of aryl methyl sites for hydroxylation is 2. The summed E-state index contributed by atoms with van der Waals surface area (Å²) in [6, 6.07) is 12.0. The second-order valence-electron chi connectivity index (χ2n) is 7.65. The van der Waals surface area contributed by atoms with Crippen LogP contribution < -0.4 is 10.2 Å². The lowest BCUT2D eigenvalue weighted by Crippen LogP contribution is -2.36. The molecule has 4 rings (SSSR count). The number of fused-ring (bicyclic) bond motifs is 1. The van der Waals surface area contributed by atoms with Gasteiger partial charge in [0.1, 0.15) is 12.4 Å². The highest BCUT2D eigenvalue weighted by molar-refractivity contribution is 8.15. The summed E-state index contributed by atoms with van der Waals surface area (Å²) in [5.41, 5.74) is 2.73. The molecule has 0 bridgehead atoms. The SMILES string of the molecule is Cc1cccc(N(CC(=O)Nc2ccc(C)c(F)c2)C2=N[C@@H]3CS(=O)(=O)C[C@H]3S2)c1. The van der Waals surface area contributed by atoms with Gasteiger partial charge in [0.05, 0.1) is 17.5 Å². The molecular weight excluding hydrogens is 425 g/mol. The molecule has 0 saturated carbocycles. The van der Waals surface area contributed by atoms with Crippen LogP contribution in [0, 0.1) is 19.7 Å². The van der Waals surface area contributed by atoms with Crippen LogP contribution in [-0.4, -0.2) is 48.8 Å². The van der Waals surface area contributed by atoms with Gasteiger partial charge in [-0.15, -0.1) is 0 Å². The number of amidine groups is 1. The summed E-state index contributed by atoms with van der Waals surface area (Å²) in [6.07, 6.45) is 0. The number of nitrogens with one attached hydrogen (secondary N) is 1. The van der Waals surface area contributed by atoms with Crippen LogP contribution in [0.2, 0.25) is 0 Å². The Balaban J connectivity index is 1.57. The number of nitrogens with zero attached hydrogens (tertiary/aromatic N) is 2. The van der Waals surface area contributed by atoms with Gasteiger partial charge < -0.3 is 10.2 Å². The van der Waals surface area contributed by atoms with Crippen molar-refractivity contribution in [3.63, 3.8) is 0 Å². The van der Waals surface area contributed by atoms with E-state index in [4.69, 9.17) is 0 Å². The van der Waals surface area contributed by atoms with E-state index in [1.54, 1.807) is 24.0 Å². The van der Waals surface area contributed by atoms with Crippen molar-refractivity contribution in [2.75, 3.05) is 28.3 Å². The van der Waals surface area contributed by atoms with Crippen LogP contribution in [0.15, 0.2) is 47.5 Å². The number of amides is 1. The molecule has 2 heterocycles. The van der Waals surface area contributed by atoms with E-state index in [0.717, 1.165) is 11.3 Å². The highest BCUT2D eigenvalue weighted by atomic mass is 32.2. The van der Waals surface area contributed by atoms with E-state index in [0.29, 0.717) is 16.4 Å². The number of carbonyl (C=O) groups excluding carboxylic acids is 1. The van der Waals surface area contributed by atoms with Gasteiger partial charge in [-0.1, -0.05) is 30.0 Å². The molecule has 0 aliphatic carbocycles. The number of anilines is 2. The summed E-state index contributed by atoms with van der Waals surface area (Å²) in [4.78, 5) is 19.2. The second kappa shape index (κ2) is 8.03. The highest BCUT2D eigenvalue weighted by Gasteiger charge is 2.44. The summed E-state index contributed by atoms with van der Waals surface area (Å²) in [5.74, 6) is -0.544. The first-order valence-electron chi connectivity index (χ1n) is 9.55. The average Bonchev–Trinajstić information content (AvgIpc) is 3.16. The van der Waals surface area contributed by atoms with E-state index in [-0.39, 0.29) is 41.1 Å². The molecular formula is C21H22FN3O3S2. The average molecular weight is 448 g/mol. The molecule has 1 amide bonds. The van der Waals surface area contributed by atoms with E-state index in [1.807, 2.05) is 31.2 Å². The standard InChI is InChI=1S/C21H22FN3O3S2/c1-13-4-3-5-16(8-13)25(21-24-18-11-30(27,28)12-19(18)29-21)10-20(26)23-15-7-6-14(2)17(22)9-15/h3-9,18-19H,10-12H2,1-2H3,(H,23,26)/t18-,19-/m1/s1. The van der Waals surface area contributed by atoms with Crippen LogP contribution in [0.1, 0.15) is 11.1 Å². The number of sulfone groups is 1. The lowest BCUT2D eigenvalue weighted by atomic mass is 10.2. The monoisotopic (exact) mass is 447 g/mol. The predicted octanol–water partition coefficient (Wildman–Crippen LogP) is 3.16. The van der Waals surface area contributed by atoms with Crippen LogP contribution in [0.3, 0.4) is 0 Å². The molecule has 2 aromatic carbocycles. The number of hydrogen-bond acceptors (Lipinski definition) is 6. The molecule has 0 aromatic heterocycles. The van der Waals surface area contributed by atoms with Crippen molar-refractivity contribution in [2.45, 2.75) is 25.1 Å². The van der Waals surface area contributed by atoms with Crippen LogP contribution in [0.5, 0.6) is 0 Å². The molecule has 2 aromatic rings. The summed E-state index contributed by atoms with van der Waals surface area (Å²) in [6.45, 7) is 3.60. The quantitative estimate of drug-likeness (QED) is 0.779. The van der Waals surface area contributed by atoms with Gasteiger partial charge >= 0.3 is 0 Å². The van der Waals surface area contributed by atoms with Crippen molar-refractivity contribution in [3.8, 4) is 0 Å². The lowest BCUT2D eigenvalue weighted by molar-refractivity contribution is -0.114. The Morgan fingerprint density at radius 2 is 2.03 bits per heavy atom. The normalized spacial score (nSPS) is 21.8. The number of aliphatic imine (C=N–C) groups is 1. The summed E-state index contributed by atoms with van der Waals surface area (Å²) in [5, 5.41) is 3.25. The van der Waals surface area contributed by atoms with Gasteiger partial charge in [-0.25, -0.2) is 12.8 Å². The largest absolute Gasteiger partial charge is 0.324 e. The van der Waals surface area contributed by atoms with Gasteiger partial charge in [-0.2, -0.15) is 0 Å². The van der Waals surface area contributed by atoms with Gasteiger partial charge in [-0.05, 0) is 49.2 Å². The molecule has 2 aliphatic rings. The first-order chi connectivity index (χ1) is 14.2. The van der Waals surface area contributed by atoms with Crippen LogP contribution in [-0.2, 0) is 14.6 Å². The molecule has 2 atom stereocenters. The minimum atomic E-state index is -3.06. The molecule has 1 saturated heterocycles. The summed E-state index contributed by atoms with van der Waals surface area (Å²) in [7, 11) is -3.06. The summed E-state index contributed by atoms with van der Waals surface area (Å²) >= 11 is 1.40. The molecule has 158 valence electrons. The third-order valence-electron chi connectivity index (χ3n) is 5.11. The number of benzene rings is 2. The number of rotatable bonds is 4. The Hall–Kier alpha value is -2.39. The maximum absolute atomic E-state index is 13.8. The zero-order valence-corrected chi connectivity index (χ0v) is 18.3. The van der Waals surface area contributed by atoms with Crippen molar-refractivity contribution in [1.82, 2.24) is 0 Å². The van der Waals surface area contributed by atoms with Crippen LogP contribution >= 0.6 is 11.8 Å². The topological polar surface area (TPSA) is 78.8 Å². The van der Waals surface area contributed by atoms with Gasteiger partial charge in [0.2, 0.25) is 5.91 Å². The fourth-order valence-electron chi connectivity index (χ4n) is 3.55. The number of thioether (sulfide) groups is 1. The van der Waals surface area contributed by atoms with Crippen molar-refractivity contribution < 1.29 is 17.6 Å². The van der Waals surface area contributed by atoms with Crippen molar-refractivity contribution in [3.05, 3.63) is 59.4 Å². The van der Waals surface area contributed by atoms with Gasteiger partial charge in [0.25, 0.3) is 0 Å². The zero-order valence-electron chi connectivity index (χ0n) is 16.6. The Labute approximate surface area is 179 Å². The first-order valence-corrected chi connectivity index (χ1v) is 12.3. The fraction of sp³-hybridized carbons (Fsp3) is 0.333. The van der Waals surface area contributed by atoms with E-state index in [9.17, 15) is 17.6 Å². The van der Waals surface area contributed by atoms with Gasteiger partial charge in [0, 0.05) is 16.6 Å². The maximum Gasteiger partial charge on any atom is 0.244 e. The van der Waals surface area contributed by atoms with E-state index in [1.165, 1.54) is 17.8 Å². The second-order valence-corrected chi connectivity index (χ2v) is 11.0. The third-order valence-corrected chi connectivity index (χ3v) is 8.35. The van der Waals surface area contributed by atoms with Gasteiger partial charge in [-0.3, -0.25) is 9.79 Å². The first kappa shape index (κ1) is 20.9. The molecule has 1 N–H and O–H groups in total. The van der Waals surface area contributed by atoms with E-state index < -0.39 is 9.84 Å². The van der Waals surface area contributed by atoms with E-state index >= 15 is 0 Å². The fourth-order valence-corrected chi connectivity index (χ4v) is 7.33. The zero-order chi connectivity index (χ0) is 21.5. The lowest BCUT2D eigenvalue weighted by Gasteiger charge is -2.24. The molecule has 2 aliphatic heterocycles. The number of hydrogen-bond donors (Lipinski definition) is 1. The Kier molecular flexibility index (Phi) is 5.59. The molecule has 9 heteroatoms. The van der Waals surface area contributed by atoms with Crippen LogP contribution in [0.25, 0.3) is 0 Å².